The normalized spacial score (nSPS) is 11.6. The molecule has 0 radical (unpaired) electrons. The van der Waals surface area contributed by atoms with Crippen LogP contribution in [-0.2, 0) is 14.8 Å². The summed E-state index contributed by atoms with van der Waals surface area (Å²) in [6.45, 7) is 5.51. The van der Waals surface area contributed by atoms with Gasteiger partial charge >= 0.3 is 5.97 Å². The Morgan fingerprint density at radius 2 is 1.96 bits per heavy atom. The van der Waals surface area contributed by atoms with Crippen molar-refractivity contribution in [2.45, 2.75) is 25.7 Å². The molecule has 0 unspecified atom stereocenters. The van der Waals surface area contributed by atoms with Crippen LogP contribution in [0.25, 0.3) is 11.0 Å². The van der Waals surface area contributed by atoms with Crippen LogP contribution in [0.5, 0.6) is 0 Å². The highest BCUT2D eigenvalue weighted by molar-refractivity contribution is 7.93. The minimum absolute atomic E-state index is 0.0613. The standard InChI is InChI=1S/C15H15N3O4S3/c1-4-22-15(19)13-8(2)9(3)23-14(13)18-25(20,21)10-5-6-11-12(7-10)17-24-16-11/h5-7,18H,4H2,1-3H3. The first-order valence-electron chi connectivity index (χ1n) is 7.35. The molecule has 0 spiro atoms. The molecule has 0 fully saturated rings. The van der Waals surface area contributed by atoms with Gasteiger partial charge in [-0.15, -0.1) is 11.3 Å². The van der Waals surface area contributed by atoms with Gasteiger partial charge in [0.15, 0.2) is 0 Å². The van der Waals surface area contributed by atoms with Gasteiger partial charge in [-0.25, -0.2) is 13.2 Å². The van der Waals surface area contributed by atoms with Crippen LogP contribution in [0, 0.1) is 13.8 Å². The maximum Gasteiger partial charge on any atom is 0.341 e. The third-order valence-corrected chi connectivity index (χ3v) is 6.78. The van der Waals surface area contributed by atoms with Crippen molar-refractivity contribution < 1.29 is 17.9 Å². The molecule has 3 rings (SSSR count). The average Bonchev–Trinajstić information content (AvgIpc) is 3.11. The van der Waals surface area contributed by atoms with Crippen LogP contribution in [0.15, 0.2) is 23.1 Å². The summed E-state index contributed by atoms with van der Waals surface area (Å²) in [6, 6.07) is 4.52. The predicted octanol–water partition coefficient (Wildman–Crippen LogP) is 3.35. The van der Waals surface area contributed by atoms with Crippen LogP contribution >= 0.6 is 23.1 Å². The molecule has 0 saturated carbocycles. The van der Waals surface area contributed by atoms with Crippen molar-refractivity contribution in [2.24, 2.45) is 0 Å². The van der Waals surface area contributed by atoms with Gasteiger partial charge in [0.05, 0.1) is 28.8 Å². The summed E-state index contributed by atoms with van der Waals surface area (Å²) in [4.78, 5) is 13.1. The first-order chi connectivity index (χ1) is 11.8. The molecule has 0 aliphatic rings. The zero-order valence-electron chi connectivity index (χ0n) is 13.7. The number of carbonyl (C=O) groups is 1. The van der Waals surface area contributed by atoms with E-state index in [1.165, 1.54) is 23.5 Å². The van der Waals surface area contributed by atoms with Crippen molar-refractivity contribution in [3.05, 3.63) is 34.2 Å². The summed E-state index contributed by atoms with van der Waals surface area (Å²) >= 11 is 2.22. The maximum absolute atomic E-state index is 12.7. The van der Waals surface area contributed by atoms with E-state index in [1.54, 1.807) is 19.9 Å². The number of fused-ring (bicyclic) bond motifs is 1. The van der Waals surface area contributed by atoms with Crippen molar-refractivity contribution >= 4 is 55.1 Å². The van der Waals surface area contributed by atoms with E-state index in [4.69, 9.17) is 4.74 Å². The van der Waals surface area contributed by atoms with Crippen molar-refractivity contribution in [2.75, 3.05) is 11.3 Å². The van der Waals surface area contributed by atoms with Gasteiger partial charge < -0.3 is 4.74 Å². The lowest BCUT2D eigenvalue weighted by Crippen LogP contribution is -2.15. The highest BCUT2D eigenvalue weighted by Gasteiger charge is 2.25. The van der Waals surface area contributed by atoms with Crippen molar-refractivity contribution in [1.29, 1.82) is 0 Å². The molecule has 132 valence electrons. The van der Waals surface area contributed by atoms with Crippen LogP contribution in [0.2, 0.25) is 0 Å². The monoisotopic (exact) mass is 397 g/mol. The number of sulfonamides is 1. The number of carbonyl (C=O) groups excluding carboxylic acids is 1. The molecular weight excluding hydrogens is 382 g/mol. The van der Waals surface area contributed by atoms with Crippen molar-refractivity contribution in [1.82, 2.24) is 8.75 Å². The summed E-state index contributed by atoms with van der Waals surface area (Å²) in [6.07, 6.45) is 0. The summed E-state index contributed by atoms with van der Waals surface area (Å²) < 4.78 is 41.1. The molecule has 1 N–H and O–H groups in total. The molecule has 3 aromatic rings. The van der Waals surface area contributed by atoms with E-state index in [1.807, 2.05) is 6.92 Å². The van der Waals surface area contributed by atoms with E-state index < -0.39 is 16.0 Å². The number of thiophene rings is 1. The molecule has 0 atom stereocenters. The van der Waals surface area contributed by atoms with E-state index in [0.29, 0.717) is 16.6 Å². The minimum atomic E-state index is -3.87. The van der Waals surface area contributed by atoms with E-state index in [0.717, 1.165) is 16.6 Å². The topological polar surface area (TPSA) is 98.2 Å². The molecular formula is C15H15N3O4S3. The summed E-state index contributed by atoms with van der Waals surface area (Å²) in [5.41, 5.74) is 2.11. The quantitative estimate of drug-likeness (QED) is 0.663. The minimum Gasteiger partial charge on any atom is -0.462 e. The summed E-state index contributed by atoms with van der Waals surface area (Å²) in [5.74, 6) is -0.541. The highest BCUT2D eigenvalue weighted by atomic mass is 32.2. The Balaban J connectivity index is 2.00. The molecule has 2 heterocycles. The van der Waals surface area contributed by atoms with Gasteiger partial charge in [-0.3, -0.25) is 4.72 Å². The maximum atomic E-state index is 12.7. The van der Waals surface area contributed by atoms with Crippen LogP contribution in [-0.4, -0.2) is 29.7 Å². The largest absolute Gasteiger partial charge is 0.462 e. The van der Waals surface area contributed by atoms with Gasteiger partial charge in [-0.05, 0) is 44.5 Å². The van der Waals surface area contributed by atoms with Crippen LogP contribution in [0.1, 0.15) is 27.7 Å². The second kappa shape index (κ2) is 6.70. The zero-order chi connectivity index (χ0) is 18.2. The Kier molecular flexibility index (Phi) is 4.76. The molecule has 25 heavy (non-hydrogen) atoms. The number of ether oxygens (including phenoxy) is 1. The second-order valence-corrected chi connectivity index (χ2v) is 8.66. The first-order valence-corrected chi connectivity index (χ1v) is 10.4. The Morgan fingerprint density at radius 3 is 2.68 bits per heavy atom. The molecule has 0 aliphatic heterocycles. The number of aryl methyl sites for hydroxylation is 1. The van der Waals surface area contributed by atoms with Crippen LogP contribution < -0.4 is 4.72 Å². The van der Waals surface area contributed by atoms with Crippen molar-refractivity contribution in [3.8, 4) is 0 Å². The lowest BCUT2D eigenvalue weighted by atomic mass is 10.2. The highest BCUT2D eigenvalue weighted by Crippen LogP contribution is 2.34. The smallest absolute Gasteiger partial charge is 0.341 e. The van der Waals surface area contributed by atoms with Gasteiger partial charge in [0.25, 0.3) is 10.0 Å². The van der Waals surface area contributed by atoms with Gasteiger partial charge in [-0.1, -0.05) is 0 Å². The first kappa shape index (κ1) is 17.8. The fourth-order valence-corrected chi connectivity index (χ4v) is 5.15. The predicted molar refractivity (Wildman–Crippen MR) is 98.0 cm³/mol. The number of nitrogens with zero attached hydrogens (tertiary/aromatic N) is 2. The van der Waals surface area contributed by atoms with Crippen molar-refractivity contribution in [3.63, 3.8) is 0 Å². The third-order valence-electron chi connectivity index (χ3n) is 3.63. The molecule has 2 aromatic heterocycles. The number of hydrogen-bond donors (Lipinski definition) is 1. The van der Waals surface area contributed by atoms with Gasteiger partial charge in [0.2, 0.25) is 0 Å². The van der Waals surface area contributed by atoms with E-state index in [2.05, 4.69) is 13.5 Å². The fourth-order valence-electron chi connectivity index (χ4n) is 2.26. The molecule has 0 saturated heterocycles. The third kappa shape index (κ3) is 3.37. The Bertz CT molecular complexity index is 1050. The van der Waals surface area contributed by atoms with Gasteiger partial charge in [-0.2, -0.15) is 8.75 Å². The van der Waals surface area contributed by atoms with E-state index in [9.17, 15) is 13.2 Å². The van der Waals surface area contributed by atoms with Crippen LogP contribution in [0.4, 0.5) is 5.00 Å². The van der Waals surface area contributed by atoms with Gasteiger partial charge in [0.1, 0.15) is 16.0 Å². The lowest BCUT2D eigenvalue weighted by Gasteiger charge is -2.09. The molecule has 0 amide bonds. The number of nitrogens with one attached hydrogen (secondary N) is 1. The SMILES string of the molecule is CCOC(=O)c1c(NS(=O)(=O)c2ccc3nsnc3c2)sc(C)c1C. The number of rotatable bonds is 5. The Labute approximate surface area is 153 Å². The number of benzene rings is 1. The summed E-state index contributed by atoms with van der Waals surface area (Å²) in [7, 11) is -3.87. The van der Waals surface area contributed by atoms with E-state index in [-0.39, 0.29) is 22.1 Å². The fraction of sp³-hybridized carbons (Fsp3) is 0.267. The molecule has 7 nitrogen and oxygen atoms in total. The molecule has 0 bridgehead atoms. The van der Waals surface area contributed by atoms with Gasteiger partial charge in [0, 0.05) is 4.88 Å². The number of anilines is 1. The molecule has 0 aliphatic carbocycles. The number of aromatic nitrogens is 2. The number of hydrogen-bond acceptors (Lipinski definition) is 8. The average molecular weight is 398 g/mol. The van der Waals surface area contributed by atoms with Crippen LogP contribution in [0.3, 0.4) is 0 Å². The second-order valence-electron chi connectivity index (χ2n) is 5.23. The summed E-state index contributed by atoms with van der Waals surface area (Å²) in [5, 5.41) is 0.255. The molecule has 10 heteroatoms. The molecule has 1 aromatic carbocycles. The Morgan fingerprint density at radius 1 is 1.24 bits per heavy atom. The lowest BCUT2D eigenvalue weighted by molar-refractivity contribution is 0.0527. The zero-order valence-corrected chi connectivity index (χ0v) is 16.1. The van der Waals surface area contributed by atoms with E-state index >= 15 is 0 Å². The number of esters is 1. The Hall–Kier alpha value is -2.04.